The Bertz CT molecular complexity index is 774. The second kappa shape index (κ2) is 30.6. The van der Waals surface area contributed by atoms with Gasteiger partial charge in [0.15, 0.2) is 5.52 Å². The van der Waals surface area contributed by atoms with Gasteiger partial charge in [0.05, 0.1) is 13.2 Å². The third-order valence-corrected chi connectivity index (χ3v) is 12.6. The molecule has 0 amide bonds. The largest absolute Gasteiger partial charge is 0.465 e. The molecule has 0 saturated carbocycles. The maximum absolute atomic E-state index is 13.2. The van der Waals surface area contributed by atoms with Crippen molar-refractivity contribution in [1.82, 2.24) is 4.90 Å². The first-order chi connectivity index (χ1) is 23.2. The Morgan fingerprint density at radius 1 is 0.510 bits per heavy atom. The Morgan fingerprint density at radius 3 is 1.27 bits per heavy atom. The maximum atomic E-state index is 13.2. The summed E-state index contributed by atoms with van der Waals surface area (Å²) in [6.07, 6.45) is 20.0. The Kier molecular flexibility index (Phi) is 30.0. The van der Waals surface area contributed by atoms with Crippen molar-refractivity contribution >= 4 is 25.4 Å². The maximum Gasteiger partial charge on any atom is 0.305 e. The van der Waals surface area contributed by atoms with Crippen LogP contribution in [0, 0.1) is 35.5 Å². The molecule has 0 aliphatic heterocycles. The van der Waals surface area contributed by atoms with Gasteiger partial charge in [-0.3, -0.25) is 14.4 Å². The lowest BCUT2D eigenvalue weighted by atomic mass is 9.89. The molecule has 290 valence electrons. The van der Waals surface area contributed by atoms with Gasteiger partial charge in [-0.2, -0.15) is 0 Å². The molecule has 0 fully saturated rings. The molecule has 7 heteroatoms. The lowest BCUT2D eigenvalue weighted by Gasteiger charge is -2.21. The molecular formula is C42H82NO5P. The minimum Gasteiger partial charge on any atom is -0.465 e. The smallest absolute Gasteiger partial charge is 0.305 e. The zero-order valence-corrected chi connectivity index (χ0v) is 35.1. The number of ether oxygens (including phenoxy) is 2. The molecule has 0 aromatic heterocycles. The van der Waals surface area contributed by atoms with Crippen molar-refractivity contribution in [3.8, 4) is 0 Å². The van der Waals surface area contributed by atoms with Crippen molar-refractivity contribution in [2.45, 2.75) is 171 Å². The van der Waals surface area contributed by atoms with Gasteiger partial charge in [-0.05, 0) is 121 Å². The van der Waals surface area contributed by atoms with E-state index in [1.807, 2.05) is 0 Å². The molecule has 0 rings (SSSR count). The van der Waals surface area contributed by atoms with Gasteiger partial charge in [-0.15, -0.1) is 0 Å². The summed E-state index contributed by atoms with van der Waals surface area (Å²) in [5.74, 6) is 3.25. The predicted molar refractivity (Wildman–Crippen MR) is 212 cm³/mol. The van der Waals surface area contributed by atoms with Crippen LogP contribution in [-0.2, 0) is 23.9 Å². The summed E-state index contributed by atoms with van der Waals surface area (Å²) in [5, 5.41) is 0. The number of esters is 2. The van der Waals surface area contributed by atoms with Gasteiger partial charge < -0.3 is 14.4 Å². The normalized spacial score (nSPS) is 13.9. The third kappa shape index (κ3) is 29.3. The van der Waals surface area contributed by atoms with Crippen LogP contribution in [0.25, 0.3) is 0 Å². The van der Waals surface area contributed by atoms with Gasteiger partial charge in [0.25, 0.3) is 0 Å². The second-order valence-electron chi connectivity index (χ2n) is 16.6. The van der Waals surface area contributed by atoms with Crippen molar-refractivity contribution in [3.05, 3.63) is 0 Å². The number of hydrogen-bond acceptors (Lipinski definition) is 6. The zero-order chi connectivity index (χ0) is 37.0. The average molecular weight is 712 g/mol. The molecule has 2 atom stereocenters. The van der Waals surface area contributed by atoms with Gasteiger partial charge in [0.1, 0.15) is 0 Å². The average Bonchev–Trinajstić information content (AvgIpc) is 3.01. The molecule has 49 heavy (non-hydrogen) atoms. The van der Waals surface area contributed by atoms with E-state index in [-0.39, 0.29) is 11.9 Å². The number of carbonyl (C=O) groups excluding carboxylic acids is 3. The van der Waals surface area contributed by atoms with Crippen LogP contribution >= 0.6 is 7.92 Å². The second-order valence-corrected chi connectivity index (χ2v) is 19.1. The van der Waals surface area contributed by atoms with Crippen LogP contribution in [0.4, 0.5) is 0 Å². The SMILES string of the molecule is CC(C)CCC(COC(=O)CCCCCCCP(CCCCCCCC(=O)OCC(CCC(C)C)C(C)C)C(=O)CCCN(C)C)C(C)C. The van der Waals surface area contributed by atoms with Crippen molar-refractivity contribution in [1.29, 1.82) is 0 Å². The Balaban J connectivity index is 4.33. The highest BCUT2D eigenvalue weighted by Crippen LogP contribution is 2.41. The summed E-state index contributed by atoms with van der Waals surface area (Å²) >= 11 is 0. The van der Waals surface area contributed by atoms with E-state index >= 15 is 0 Å². The molecule has 0 saturated heterocycles. The summed E-state index contributed by atoms with van der Waals surface area (Å²) in [6, 6.07) is 0. The van der Waals surface area contributed by atoms with Gasteiger partial charge in [0, 0.05) is 19.3 Å². The Labute approximate surface area is 306 Å². The first kappa shape index (κ1) is 48.0. The van der Waals surface area contributed by atoms with E-state index in [0.717, 1.165) is 102 Å². The van der Waals surface area contributed by atoms with E-state index in [1.165, 1.54) is 12.8 Å². The third-order valence-electron chi connectivity index (χ3n) is 10.00. The van der Waals surface area contributed by atoms with E-state index in [4.69, 9.17) is 9.47 Å². The van der Waals surface area contributed by atoms with Crippen molar-refractivity contribution in [3.63, 3.8) is 0 Å². The first-order valence-corrected chi connectivity index (χ1v) is 22.2. The van der Waals surface area contributed by atoms with E-state index in [9.17, 15) is 14.4 Å². The molecule has 0 heterocycles. The fourth-order valence-corrected chi connectivity index (χ4v) is 8.54. The number of rotatable bonds is 33. The van der Waals surface area contributed by atoms with Crippen LogP contribution in [0.5, 0.6) is 0 Å². The number of nitrogens with zero attached hydrogens (tertiary/aromatic N) is 1. The highest BCUT2D eigenvalue weighted by atomic mass is 31.1. The monoisotopic (exact) mass is 712 g/mol. The minimum atomic E-state index is -0.577. The number of carbonyl (C=O) groups is 3. The highest BCUT2D eigenvalue weighted by molar-refractivity contribution is 7.74. The number of hydrogen-bond donors (Lipinski definition) is 0. The van der Waals surface area contributed by atoms with E-state index in [2.05, 4.69) is 74.4 Å². The van der Waals surface area contributed by atoms with Crippen LogP contribution in [-0.4, -0.2) is 68.5 Å². The first-order valence-electron chi connectivity index (χ1n) is 20.5. The summed E-state index contributed by atoms with van der Waals surface area (Å²) in [4.78, 5) is 40.0. The molecule has 2 unspecified atom stereocenters. The van der Waals surface area contributed by atoms with Gasteiger partial charge in [-0.1, -0.05) is 107 Å². The van der Waals surface area contributed by atoms with Crippen LogP contribution in [0.1, 0.15) is 171 Å². The standard InChI is InChI=1S/C42H82NO5P/c1-34(2)25-27-38(36(5)6)32-47-40(44)22-17-13-11-15-19-30-49(42(46)24-21-29-43(9)10)31-20-16-12-14-18-23-41(45)48-33-39(37(7)8)28-26-35(3)4/h34-39H,11-33H2,1-10H3. The summed E-state index contributed by atoms with van der Waals surface area (Å²) < 4.78 is 11.3. The van der Waals surface area contributed by atoms with Crippen LogP contribution in [0.3, 0.4) is 0 Å². The lowest BCUT2D eigenvalue weighted by molar-refractivity contribution is -0.146. The number of unbranched alkanes of at least 4 members (excludes halogenated alkanes) is 8. The van der Waals surface area contributed by atoms with Gasteiger partial charge in [0.2, 0.25) is 0 Å². The molecule has 0 aromatic rings. The highest BCUT2D eigenvalue weighted by Gasteiger charge is 2.19. The quantitative estimate of drug-likeness (QED) is 0.0383. The molecule has 0 aliphatic carbocycles. The van der Waals surface area contributed by atoms with E-state index in [1.54, 1.807) is 0 Å². The fourth-order valence-electron chi connectivity index (χ4n) is 6.13. The molecule has 0 aliphatic rings. The van der Waals surface area contributed by atoms with Gasteiger partial charge >= 0.3 is 11.9 Å². The van der Waals surface area contributed by atoms with Crippen LogP contribution in [0.2, 0.25) is 0 Å². The molecule has 0 radical (unpaired) electrons. The topological polar surface area (TPSA) is 72.9 Å². The molecule has 6 nitrogen and oxygen atoms in total. The summed E-state index contributed by atoms with van der Waals surface area (Å²) in [5.41, 5.74) is 0.503. The fraction of sp³-hybridized carbons (Fsp3) is 0.929. The molecular weight excluding hydrogens is 629 g/mol. The van der Waals surface area contributed by atoms with Gasteiger partial charge in [-0.25, -0.2) is 0 Å². The van der Waals surface area contributed by atoms with Crippen molar-refractivity contribution in [2.75, 3.05) is 46.2 Å². The van der Waals surface area contributed by atoms with Crippen molar-refractivity contribution < 1.29 is 23.9 Å². The molecule has 0 bridgehead atoms. The molecule has 0 aromatic carbocycles. The van der Waals surface area contributed by atoms with Crippen molar-refractivity contribution in [2.24, 2.45) is 35.5 Å². The van der Waals surface area contributed by atoms with Crippen LogP contribution < -0.4 is 0 Å². The minimum absolute atomic E-state index is 0.0470. The van der Waals surface area contributed by atoms with E-state index in [0.29, 0.717) is 73.5 Å². The predicted octanol–water partition coefficient (Wildman–Crippen LogP) is 11.5. The Morgan fingerprint density at radius 2 is 0.898 bits per heavy atom. The van der Waals surface area contributed by atoms with E-state index < -0.39 is 7.92 Å². The Hall–Kier alpha value is -1.00. The molecule has 0 N–H and O–H groups in total. The zero-order valence-electron chi connectivity index (χ0n) is 34.2. The summed E-state index contributed by atoms with van der Waals surface area (Å²) in [6.45, 7) is 20.0. The van der Waals surface area contributed by atoms with Crippen LogP contribution in [0.15, 0.2) is 0 Å². The molecule has 0 spiro atoms. The lowest BCUT2D eigenvalue weighted by Crippen LogP contribution is -2.19. The summed E-state index contributed by atoms with van der Waals surface area (Å²) in [7, 11) is 3.56.